The summed E-state index contributed by atoms with van der Waals surface area (Å²) in [4.78, 5) is 29.4. The van der Waals surface area contributed by atoms with Gasteiger partial charge in [-0.15, -0.1) is 0 Å². The molecule has 2 aromatic heterocycles. The van der Waals surface area contributed by atoms with Gasteiger partial charge in [0.1, 0.15) is 11.2 Å². The van der Waals surface area contributed by atoms with E-state index in [9.17, 15) is 9.59 Å². The zero-order valence-corrected chi connectivity index (χ0v) is 18.0. The number of rotatable bonds is 3. The largest absolute Gasteiger partial charge is 0.463 e. The van der Waals surface area contributed by atoms with Crippen molar-refractivity contribution in [2.45, 2.75) is 102 Å². The Morgan fingerprint density at radius 1 is 1.07 bits per heavy atom. The highest BCUT2D eigenvalue weighted by Gasteiger charge is 2.51. The lowest BCUT2D eigenvalue weighted by molar-refractivity contribution is -0.135. The van der Waals surface area contributed by atoms with Crippen LogP contribution in [0.2, 0.25) is 0 Å². The van der Waals surface area contributed by atoms with Gasteiger partial charge < -0.3 is 19.2 Å². The fourth-order valence-corrected chi connectivity index (χ4v) is 5.91. The molecule has 6 heteroatoms. The van der Waals surface area contributed by atoms with Gasteiger partial charge in [0.2, 0.25) is 5.91 Å². The predicted molar refractivity (Wildman–Crippen MR) is 115 cm³/mol. The Balaban J connectivity index is 1.48. The first-order valence-electron chi connectivity index (χ1n) is 11.8. The van der Waals surface area contributed by atoms with Gasteiger partial charge in [0.25, 0.3) is 5.91 Å². The van der Waals surface area contributed by atoms with Gasteiger partial charge in [-0.2, -0.15) is 0 Å². The topological polar surface area (TPSA) is 67.5 Å². The fraction of sp³-hybridized carbons (Fsp3) is 0.667. The van der Waals surface area contributed by atoms with E-state index in [1.54, 1.807) is 6.26 Å². The van der Waals surface area contributed by atoms with E-state index in [2.05, 4.69) is 5.32 Å². The minimum atomic E-state index is -0.884. The van der Waals surface area contributed by atoms with Crippen LogP contribution in [-0.4, -0.2) is 38.9 Å². The number of fused-ring (bicyclic) bond motifs is 3. The van der Waals surface area contributed by atoms with Crippen LogP contribution < -0.4 is 5.32 Å². The van der Waals surface area contributed by atoms with Crippen LogP contribution in [0.1, 0.15) is 88.0 Å². The third kappa shape index (κ3) is 3.25. The molecule has 162 valence electrons. The predicted octanol–water partition coefficient (Wildman–Crippen LogP) is 4.62. The van der Waals surface area contributed by atoms with E-state index >= 15 is 0 Å². The second-order valence-electron chi connectivity index (χ2n) is 9.69. The minimum absolute atomic E-state index is 0.00400. The van der Waals surface area contributed by atoms with Crippen molar-refractivity contribution < 1.29 is 14.0 Å². The number of furan rings is 1. The standard InChI is InChI=1S/C24H33N3O3/c1-24(23(29)25-17-9-5-3-2-4-6-10-17)16-26-19-13-14-30-21(19)15-20(26)22(28)27(24)18-11-7-8-12-18/h13-15,17-18H,2-12,16H2,1H3,(H,25,29)/t24-/m0/s1. The molecule has 0 radical (unpaired) electrons. The number of carbonyl (C=O) groups excluding carboxylic acids is 2. The zero-order chi connectivity index (χ0) is 20.7. The van der Waals surface area contributed by atoms with E-state index in [-0.39, 0.29) is 23.9 Å². The molecule has 1 aliphatic heterocycles. The van der Waals surface area contributed by atoms with Crippen LogP contribution in [-0.2, 0) is 11.3 Å². The molecule has 30 heavy (non-hydrogen) atoms. The maximum Gasteiger partial charge on any atom is 0.271 e. The SMILES string of the molecule is C[C@@]1(C(=O)NC2CCCCCCC2)Cn2c(cc3occc32)C(=O)N1C1CCCC1. The lowest BCUT2D eigenvalue weighted by atomic mass is 9.90. The van der Waals surface area contributed by atoms with E-state index in [4.69, 9.17) is 4.42 Å². The molecule has 0 saturated heterocycles. The number of carbonyl (C=O) groups is 2. The first kappa shape index (κ1) is 19.7. The van der Waals surface area contributed by atoms with Gasteiger partial charge in [0.05, 0.1) is 18.3 Å². The maximum absolute atomic E-state index is 13.8. The van der Waals surface area contributed by atoms with Crippen LogP contribution in [0.25, 0.3) is 11.1 Å². The average molecular weight is 412 g/mol. The highest BCUT2D eigenvalue weighted by Crippen LogP contribution is 2.38. The monoisotopic (exact) mass is 411 g/mol. The van der Waals surface area contributed by atoms with Crippen LogP contribution in [0.5, 0.6) is 0 Å². The minimum Gasteiger partial charge on any atom is -0.463 e. The maximum atomic E-state index is 13.8. The van der Waals surface area contributed by atoms with Crippen molar-refractivity contribution in [2.75, 3.05) is 0 Å². The van der Waals surface area contributed by atoms with Gasteiger partial charge in [0.15, 0.2) is 5.58 Å². The number of amides is 2. The van der Waals surface area contributed by atoms with Gasteiger partial charge in [-0.3, -0.25) is 9.59 Å². The van der Waals surface area contributed by atoms with Gasteiger partial charge in [-0.1, -0.05) is 44.9 Å². The molecule has 6 nitrogen and oxygen atoms in total. The van der Waals surface area contributed by atoms with E-state index in [0.717, 1.165) is 49.6 Å². The van der Waals surface area contributed by atoms with E-state index in [1.807, 2.05) is 28.5 Å². The third-order valence-electron chi connectivity index (χ3n) is 7.58. The van der Waals surface area contributed by atoms with Crippen molar-refractivity contribution in [1.29, 1.82) is 0 Å². The summed E-state index contributed by atoms with van der Waals surface area (Å²) in [6.45, 7) is 2.45. The fourth-order valence-electron chi connectivity index (χ4n) is 5.91. The van der Waals surface area contributed by atoms with Crippen molar-refractivity contribution >= 4 is 22.9 Å². The molecule has 2 aliphatic carbocycles. The van der Waals surface area contributed by atoms with Crippen molar-refractivity contribution in [3.05, 3.63) is 24.1 Å². The molecule has 1 atom stereocenters. The Morgan fingerprint density at radius 2 is 1.73 bits per heavy atom. The summed E-state index contributed by atoms with van der Waals surface area (Å²) in [5.74, 6) is -0.0285. The molecule has 1 N–H and O–H groups in total. The molecule has 0 spiro atoms. The van der Waals surface area contributed by atoms with E-state index < -0.39 is 5.54 Å². The van der Waals surface area contributed by atoms with Gasteiger partial charge in [-0.05, 0) is 32.6 Å². The zero-order valence-electron chi connectivity index (χ0n) is 18.0. The molecule has 3 aliphatic rings. The Bertz CT molecular complexity index is 931. The molecule has 2 amide bonds. The van der Waals surface area contributed by atoms with Crippen molar-refractivity contribution in [1.82, 2.24) is 14.8 Å². The van der Waals surface area contributed by atoms with Crippen LogP contribution in [0.4, 0.5) is 0 Å². The van der Waals surface area contributed by atoms with E-state index in [1.165, 1.54) is 32.1 Å². The first-order chi connectivity index (χ1) is 14.6. The molecule has 0 bridgehead atoms. The second kappa shape index (κ2) is 7.78. The number of nitrogens with one attached hydrogen (secondary N) is 1. The normalized spacial score (nSPS) is 26.6. The lowest BCUT2D eigenvalue weighted by Gasteiger charge is -2.47. The Morgan fingerprint density at radius 3 is 2.47 bits per heavy atom. The Labute approximate surface area is 178 Å². The average Bonchev–Trinajstić information content (AvgIpc) is 3.42. The molecule has 3 heterocycles. The summed E-state index contributed by atoms with van der Waals surface area (Å²) >= 11 is 0. The summed E-state index contributed by atoms with van der Waals surface area (Å²) in [7, 11) is 0. The van der Waals surface area contributed by atoms with Crippen molar-refractivity contribution in [3.8, 4) is 0 Å². The van der Waals surface area contributed by atoms with Gasteiger partial charge in [-0.25, -0.2) is 0 Å². The van der Waals surface area contributed by atoms with Gasteiger partial charge in [0, 0.05) is 24.2 Å². The van der Waals surface area contributed by atoms with Crippen LogP contribution >= 0.6 is 0 Å². The molecule has 2 fully saturated rings. The molecule has 2 aromatic rings. The smallest absolute Gasteiger partial charge is 0.271 e. The third-order valence-corrected chi connectivity index (χ3v) is 7.58. The molecule has 2 saturated carbocycles. The quantitative estimate of drug-likeness (QED) is 0.801. The van der Waals surface area contributed by atoms with Crippen LogP contribution in [0.15, 0.2) is 22.8 Å². The highest BCUT2D eigenvalue weighted by molar-refractivity contribution is 6.03. The first-order valence-corrected chi connectivity index (χ1v) is 11.8. The molecule has 0 unspecified atom stereocenters. The Hall–Kier alpha value is -2.24. The summed E-state index contributed by atoms with van der Waals surface area (Å²) < 4.78 is 7.55. The van der Waals surface area contributed by atoms with Gasteiger partial charge >= 0.3 is 0 Å². The van der Waals surface area contributed by atoms with E-state index in [0.29, 0.717) is 12.2 Å². The number of hydrogen-bond donors (Lipinski definition) is 1. The summed E-state index contributed by atoms with van der Waals surface area (Å²) in [5.41, 5.74) is 1.38. The second-order valence-corrected chi connectivity index (χ2v) is 9.69. The molecule has 0 aromatic carbocycles. The summed E-state index contributed by atoms with van der Waals surface area (Å²) in [6, 6.07) is 4.09. The molecule has 5 rings (SSSR count). The van der Waals surface area contributed by atoms with Crippen LogP contribution in [0.3, 0.4) is 0 Å². The van der Waals surface area contributed by atoms with Crippen molar-refractivity contribution in [3.63, 3.8) is 0 Å². The van der Waals surface area contributed by atoms with Crippen LogP contribution in [0, 0.1) is 0 Å². The number of aromatic nitrogens is 1. The molecular formula is C24H33N3O3. The lowest BCUT2D eigenvalue weighted by Crippen LogP contribution is -2.67. The molecular weight excluding hydrogens is 378 g/mol. The number of hydrogen-bond acceptors (Lipinski definition) is 3. The van der Waals surface area contributed by atoms with Crippen molar-refractivity contribution in [2.24, 2.45) is 0 Å². The number of nitrogens with zero attached hydrogens (tertiary/aromatic N) is 2. The Kier molecular flexibility index (Phi) is 5.11. The summed E-state index contributed by atoms with van der Waals surface area (Å²) in [5, 5.41) is 3.37. The highest BCUT2D eigenvalue weighted by atomic mass is 16.3. The summed E-state index contributed by atoms with van der Waals surface area (Å²) in [6.07, 6.45) is 14.1.